The van der Waals surface area contributed by atoms with Crippen molar-refractivity contribution in [3.05, 3.63) is 82.4 Å². The number of aromatic hydroxyl groups is 1. The first kappa shape index (κ1) is 24.7. The normalized spacial score (nSPS) is 18.0. The van der Waals surface area contributed by atoms with E-state index in [1.807, 2.05) is 6.07 Å². The Kier molecular flexibility index (Phi) is 6.45. The van der Waals surface area contributed by atoms with Gasteiger partial charge in [0.05, 0.1) is 10.7 Å². The average Bonchev–Trinajstić information content (AvgIpc) is 3.27. The molecule has 7 nitrogen and oxygen atoms in total. The van der Waals surface area contributed by atoms with Crippen LogP contribution in [0.15, 0.2) is 65.8 Å². The molecule has 1 atom stereocenters. The van der Waals surface area contributed by atoms with Crippen LogP contribution in [0.3, 0.4) is 0 Å². The van der Waals surface area contributed by atoms with Crippen molar-refractivity contribution in [1.82, 2.24) is 19.0 Å². The number of piperazine rings is 1. The van der Waals surface area contributed by atoms with Crippen LogP contribution >= 0.6 is 11.6 Å². The number of halogens is 2. The Morgan fingerprint density at radius 1 is 1.00 bits per heavy atom. The number of hydrogen-bond donors (Lipinski definition) is 1. The standard InChI is InChI=1S/C29H29ClFN5O2/c1-33-10-13-36(29(33)38)26-6-5-19(14-25(26)30)23-16-21(31)17-24(28(23)37)20-7-8-32-27(15-20)35-12-11-34-9-3-2-4-22(34)18-35/h5-8,10,13-17,22,37H,2-4,9,11-12,18H2,1H3. The molecule has 2 aliphatic rings. The maximum atomic E-state index is 14.9. The van der Waals surface area contributed by atoms with E-state index in [2.05, 4.69) is 14.8 Å². The number of anilines is 1. The van der Waals surface area contributed by atoms with E-state index < -0.39 is 5.82 Å². The molecule has 0 bridgehead atoms. The molecular weight excluding hydrogens is 505 g/mol. The zero-order valence-corrected chi connectivity index (χ0v) is 21.9. The Hall–Kier alpha value is -3.62. The van der Waals surface area contributed by atoms with Crippen molar-refractivity contribution >= 4 is 17.4 Å². The van der Waals surface area contributed by atoms with Gasteiger partial charge in [-0.25, -0.2) is 14.2 Å². The third kappa shape index (κ3) is 4.48. The number of aromatic nitrogens is 3. The van der Waals surface area contributed by atoms with Gasteiger partial charge in [0.1, 0.15) is 17.4 Å². The number of nitrogens with zero attached hydrogens (tertiary/aromatic N) is 5. The van der Waals surface area contributed by atoms with E-state index in [-0.39, 0.29) is 11.4 Å². The summed E-state index contributed by atoms with van der Waals surface area (Å²) in [6.45, 7) is 3.99. The van der Waals surface area contributed by atoms with Crippen molar-refractivity contribution in [3.8, 4) is 33.7 Å². The second-order valence-corrected chi connectivity index (χ2v) is 10.5. The monoisotopic (exact) mass is 533 g/mol. The van der Waals surface area contributed by atoms with Crippen molar-refractivity contribution < 1.29 is 9.50 Å². The van der Waals surface area contributed by atoms with Crippen LogP contribution in [0.2, 0.25) is 5.02 Å². The average molecular weight is 534 g/mol. The smallest absolute Gasteiger partial charge is 0.332 e. The van der Waals surface area contributed by atoms with Crippen molar-refractivity contribution in [2.24, 2.45) is 7.05 Å². The maximum Gasteiger partial charge on any atom is 0.332 e. The predicted octanol–water partition coefficient (Wildman–Crippen LogP) is 5.08. The van der Waals surface area contributed by atoms with Crippen LogP contribution in [-0.4, -0.2) is 56.3 Å². The number of benzene rings is 2. The number of phenolic OH excluding ortho intramolecular Hbond substituents is 1. The van der Waals surface area contributed by atoms with E-state index in [9.17, 15) is 14.3 Å². The van der Waals surface area contributed by atoms with Crippen molar-refractivity contribution in [1.29, 1.82) is 0 Å². The van der Waals surface area contributed by atoms with Crippen LogP contribution in [0.5, 0.6) is 5.75 Å². The molecule has 1 unspecified atom stereocenters. The van der Waals surface area contributed by atoms with Crippen molar-refractivity contribution in [3.63, 3.8) is 0 Å². The van der Waals surface area contributed by atoms with Gasteiger partial charge in [-0.15, -0.1) is 0 Å². The molecule has 2 aromatic carbocycles. The summed E-state index contributed by atoms with van der Waals surface area (Å²) in [5, 5.41) is 11.6. The number of pyridine rings is 1. The first-order valence-corrected chi connectivity index (χ1v) is 13.3. The lowest BCUT2D eigenvalue weighted by molar-refractivity contribution is 0.133. The summed E-state index contributed by atoms with van der Waals surface area (Å²) in [7, 11) is 1.66. The van der Waals surface area contributed by atoms with Gasteiger partial charge in [-0.3, -0.25) is 9.47 Å². The summed E-state index contributed by atoms with van der Waals surface area (Å²) in [6.07, 6.45) is 8.72. The van der Waals surface area contributed by atoms with Crippen LogP contribution in [0, 0.1) is 5.82 Å². The molecule has 2 fully saturated rings. The van der Waals surface area contributed by atoms with Gasteiger partial charge in [-0.05, 0) is 66.9 Å². The molecule has 0 saturated carbocycles. The Morgan fingerprint density at radius 2 is 1.79 bits per heavy atom. The fourth-order valence-corrected chi connectivity index (χ4v) is 5.95. The Balaban J connectivity index is 1.33. The molecule has 0 aliphatic carbocycles. The number of imidazole rings is 1. The van der Waals surface area contributed by atoms with Crippen LogP contribution in [0.4, 0.5) is 10.2 Å². The molecule has 38 heavy (non-hydrogen) atoms. The van der Waals surface area contributed by atoms with Crippen LogP contribution in [0.1, 0.15) is 19.3 Å². The van der Waals surface area contributed by atoms with Gasteiger partial charge >= 0.3 is 5.69 Å². The molecule has 2 aromatic heterocycles. The Labute approximate surface area is 225 Å². The highest BCUT2D eigenvalue weighted by molar-refractivity contribution is 6.32. The quantitative estimate of drug-likeness (QED) is 0.396. The van der Waals surface area contributed by atoms with E-state index in [1.165, 1.54) is 47.1 Å². The maximum absolute atomic E-state index is 14.9. The van der Waals surface area contributed by atoms with Crippen LogP contribution < -0.4 is 10.6 Å². The summed E-state index contributed by atoms with van der Waals surface area (Å²) >= 11 is 6.54. The van der Waals surface area contributed by atoms with Gasteiger partial charge in [0.25, 0.3) is 0 Å². The fraction of sp³-hybridized carbons (Fsp3) is 0.310. The van der Waals surface area contributed by atoms with E-state index >= 15 is 0 Å². The fourth-order valence-electron chi connectivity index (χ4n) is 5.68. The summed E-state index contributed by atoms with van der Waals surface area (Å²) in [5.74, 6) is 0.321. The molecule has 0 radical (unpaired) electrons. The number of phenols is 1. The zero-order chi connectivity index (χ0) is 26.4. The molecular formula is C29H29ClFN5O2. The van der Waals surface area contributed by atoms with Crippen molar-refractivity contribution in [2.75, 3.05) is 31.1 Å². The highest BCUT2D eigenvalue weighted by Crippen LogP contribution is 2.41. The molecule has 1 N–H and O–H groups in total. The van der Waals surface area contributed by atoms with Gasteiger partial charge in [-0.2, -0.15) is 0 Å². The third-order valence-electron chi connectivity index (χ3n) is 7.76. The molecule has 6 rings (SSSR count). The van der Waals surface area contributed by atoms with Crippen LogP contribution in [-0.2, 0) is 7.05 Å². The molecule has 0 spiro atoms. The number of hydrogen-bond acceptors (Lipinski definition) is 5. The van der Waals surface area contributed by atoms with Gasteiger partial charge < -0.3 is 14.6 Å². The highest BCUT2D eigenvalue weighted by Gasteiger charge is 2.29. The van der Waals surface area contributed by atoms with E-state index in [4.69, 9.17) is 11.6 Å². The first-order valence-electron chi connectivity index (χ1n) is 12.9. The first-order chi connectivity index (χ1) is 18.4. The largest absolute Gasteiger partial charge is 0.507 e. The van der Waals surface area contributed by atoms with Gasteiger partial charge in [-0.1, -0.05) is 24.1 Å². The lowest BCUT2D eigenvalue weighted by atomic mass is 9.96. The summed E-state index contributed by atoms with van der Waals surface area (Å²) in [5.41, 5.74) is 2.23. The summed E-state index contributed by atoms with van der Waals surface area (Å²) in [4.78, 5) is 21.8. The van der Waals surface area contributed by atoms with Gasteiger partial charge in [0, 0.05) is 62.4 Å². The van der Waals surface area contributed by atoms with E-state index in [0.29, 0.717) is 39.0 Å². The molecule has 196 valence electrons. The lowest BCUT2D eigenvalue weighted by Crippen LogP contribution is -2.55. The summed E-state index contributed by atoms with van der Waals surface area (Å²) in [6, 6.07) is 11.9. The number of rotatable bonds is 4. The third-order valence-corrected chi connectivity index (χ3v) is 8.06. The lowest BCUT2D eigenvalue weighted by Gasteiger charge is -2.44. The van der Waals surface area contributed by atoms with Crippen molar-refractivity contribution in [2.45, 2.75) is 25.3 Å². The molecule has 2 saturated heterocycles. The summed E-state index contributed by atoms with van der Waals surface area (Å²) < 4.78 is 17.8. The zero-order valence-electron chi connectivity index (χ0n) is 21.1. The SMILES string of the molecule is Cn1ccn(-c2ccc(-c3cc(F)cc(-c4ccnc(N5CCN6CCCCC6C5)c4)c3O)cc2Cl)c1=O. The topological polar surface area (TPSA) is 66.5 Å². The molecule has 4 heterocycles. The Morgan fingerprint density at radius 3 is 2.53 bits per heavy atom. The molecule has 2 aliphatic heterocycles. The number of aryl methyl sites for hydroxylation is 1. The minimum absolute atomic E-state index is 0.0404. The van der Waals surface area contributed by atoms with Gasteiger partial charge in [0.15, 0.2) is 0 Å². The van der Waals surface area contributed by atoms with Crippen LogP contribution in [0.25, 0.3) is 27.9 Å². The van der Waals surface area contributed by atoms with E-state index in [1.54, 1.807) is 49.9 Å². The van der Waals surface area contributed by atoms with E-state index in [0.717, 1.165) is 25.5 Å². The molecule has 4 aromatic rings. The van der Waals surface area contributed by atoms with Gasteiger partial charge in [0.2, 0.25) is 0 Å². The second-order valence-electron chi connectivity index (χ2n) is 10.1. The minimum Gasteiger partial charge on any atom is -0.507 e. The molecule has 9 heteroatoms. The highest BCUT2D eigenvalue weighted by atomic mass is 35.5. The number of fused-ring (bicyclic) bond motifs is 1. The second kappa shape index (κ2) is 9.93. The number of piperidine rings is 1. The molecule has 0 amide bonds. The predicted molar refractivity (Wildman–Crippen MR) is 148 cm³/mol. The minimum atomic E-state index is -0.471. The Bertz CT molecular complexity index is 1570.